The monoisotopic (exact) mass is 425 g/mol. The normalized spacial score (nSPS) is 11.0. The Labute approximate surface area is 144 Å². The number of halogens is 2. The fraction of sp³-hybridized carbons (Fsp3) is 0.188. The van der Waals surface area contributed by atoms with E-state index in [9.17, 15) is 0 Å². The lowest BCUT2D eigenvalue weighted by molar-refractivity contribution is 0.301. The van der Waals surface area contributed by atoms with E-state index in [0.717, 1.165) is 37.2 Å². The summed E-state index contributed by atoms with van der Waals surface area (Å²) in [6.07, 6.45) is 0. The molecule has 0 aliphatic heterocycles. The van der Waals surface area contributed by atoms with Crippen LogP contribution in [0, 0.1) is 6.92 Å². The van der Waals surface area contributed by atoms with Gasteiger partial charge >= 0.3 is 0 Å². The number of thiazole rings is 1. The maximum absolute atomic E-state index is 6.03. The molecule has 0 unspecified atom stereocenters. The van der Waals surface area contributed by atoms with E-state index in [1.54, 1.807) is 11.3 Å². The minimum absolute atomic E-state index is 0.502. The third-order valence-electron chi connectivity index (χ3n) is 3.14. The standard InChI is InChI=1S/C16H13Br2NOS/c1-10-6-12(18)7-11(8-17)16(10)20-9-15-19-13-4-2-3-5-14(13)21-15/h2-7H,8-9H2,1H3. The molecule has 0 N–H and O–H groups in total. The highest BCUT2D eigenvalue weighted by molar-refractivity contribution is 9.10. The molecular weight excluding hydrogens is 414 g/mol. The lowest BCUT2D eigenvalue weighted by Crippen LogP contribution is -1.99. The third kappa shape index (κ3) is 3.30. The van der Waals surface area contributed by atoms with E-state index >= 15 is 0 Å². The molecule has 2 aromatic carbocycles. The van der Waals surface area contributed by atoms with Gasteiger partial charge < -0.3 is 4.74 Å². The van der Waals surface area contributed by atoms with Crippen LogP contribution in [-0.2, 0) is 11.9 Å². The predicted octanol–water partition coefficient (Wildman–Crippen LogP) is 5.84. The molecular formula is C16H13Br2NOS. The zero-order chi connectivity index (χ0) is 14.8. The molecule has 0 aliphatic rings. The van der Waals surface area contributed by atoms with Crippen LogP contribution in [0.5, 0.6) is 5.75 Å². The molecule has 0 bridgehead atoms. The van der Waals surface area contributed by atoms with Crippen molar-refractivity contribution in [1.29, 1.82) is 0 Å². The van der Waals surface area contributed by atoms with Crippen LogP contribution in [0.1, 0.15) is 16.1 Å². The predicted molar refractivity (Wildman–Crippen MR) is 95.5 cm³/mol. The molecule has 1 aromatic heterocycles. The summed E-state index contributed by atoms with van der Waals surface area (Å²) in [7, 11) is 0. The van der Waals surface area contributed by atoms with Crippen molar-refractivity contribution in [2.24, 2.45) is 0 Å². The van der Waals surface area contributed by atoms with Crippen LogP contribution in [0.2, 0.25) is 0 Å². The highest BCUT2D eigenvalue weighted by atomic mass is 79.9. The highest BCUT2D eigenvalue weighted by Crippen LogP contribution is 2.31. The average molecular weight is 427 g/mol. The molecule has 0 spiro atoms. The van der Waals surface area contributed by atoms with Crippen molar-refractivity contribution < 1.29 is 4.74 Å². The Bertz CT molecular complexity index is 752. The number of hydrogen-bond donors (Lipinski definition) is 0. The van der Waals surface area contributed by atoms with E-state index in [0.29, 0.717) is 6.61 Å². The van der Waals surface area contributed by atoms with Crippen molar-refractivity contribution >= 4 is 53.4 Å². The summed E-state index contributed by atoms with van der Waals surface area (Å²) in [5, 5.41) is 1.77. The Morgan fingerprint density at radius 1 is 1.24 bits per heavy atom. The van der Waals surface area contributed by atoms with Gasteiger partial charge in [0.2, 0.25) is 0 Å². The first-order valence-corrected chi connectivity index (χ1v) is 9.22. The van der Waals surface area contributed by atoms with Gasteiger partial charge in [-0.1, -0.05) is 44.0 Å². The van der Waals surface area contributed by atoms with Crippen LogP contribution in [0.25, 0.3) is 10.2 Å². The van der Waals surface area contributed by atoms with Crippen LogP contribution in [0.3, 0.4) is 0 Å². The fourth-order valence-corrected chi connectivity index (χ4v) is 4.14. The molecule has 0 atom stereocenters. The summed E-state index contributed by atoms with van der Waals surface area (Å²) in [5.41, 5.74) is 3.30. The molecule has 0 aliphatic carbocycles. The van der Waals surface area contributed by atoms with Crippen LogP contribution >= 0.6 is 43.2 Å². The minimum Gasteiger partial charge on any atom is -0.486 e. The highest BCUT2D eigenvalue weighted by Gasteiger charge is 2.10. The van der Waals surface area contributed by atoms with Crippen LogP contribution in [-0.4, -0.2) is 4.98 Å². The number of nitrogens with zero attached hydrogens (tertiary/aromatic N) is 1. The lowest BCUT2D eigenvalue weighted by atomic mass is 10.1. The zero-order valence-corrected chi connectivity index (χ0v) is 15.4. The van der Waals surface area contributed by atoms with Crippen LogP contribution in [0.4, 0.5) is 0 Å². The molecule has 2 nitrogen and oxygen atoms in total. The quantitative estimate of drug-likeness (QED) is 0.488. The molecule has 0 saturated carbocycles. The van der Waals surface area contributed by atoms with Gasteiger partial charge in [0.25, 0.3) is 0 Å². The van der Waals surface area contributed by atoms with Crippen LogP contribution < -0.4 is 4.74 Å². The number of aromatic nitrogens is 1. The molecule has 0 radical (unpaired) electrons. The minimum atomic E-state index is 0.502. The molecule has 108 valence electrons. The maximum Gasteiger partial charge on any atom is 0.140 e. The smallest absolute Gasteiger partial charge is 0.140 e. The number of aryl methyl sites for hydroxylation is 1. The molecule has 0 saturated heterocycles. The Hall–Kier alpha value is -0.910. The van der Waals surface area contributed by atoms with Crippen molar-refractivity contribution in [1.82, 2.24) is 4.98 Å². The Balaban J connectivity index is 1.84. The van der Waals surface area contributed by atoms with Gasteiger partial charge in [-0.3, -0.25) is 0 Å². The summed E-state index contributed by atoms with van der Waals surface area (Å²) in [5.74, 6) is 0.939. The second-order valence-corrected chi connectivity index (χ2v) is 7.30. The molecule has 0 amide bonds. The first-order chi connectivity index (χ1) is 10.2. The number of hydrogen-bond acceptors (Lipinski definition) is 3. The maximum atomic E-state index is 6.03. The van der Waals surface area contributed by atoms with Crippen molar-refractivity contribution in [3.8, 4) is 5.75 Å². The summed E-state index contributed by atoms with van der Waals surface area (Å²) in [6, 6.07) is 12.3. The Kier molecular flexibility index (Phi) is 4.62. The SMILES string of the molecule is Cc1cc(Br)cc(CBr)c1OCc1nc2ccccc2s1. The Morgan fingerprint density at radius 3 is 2.81 bits per heavy atom. The summed E-state index contributed by atoms with van der Waals surface area (Å²) in [4.78, 5) is 4.60. The number of alkyl halides is 1. The third-order valence-corrected chi connectivity index (χ3v) is 5.21. The van der Waals surface area contributed by atoms with Gasteiger partial charge in [0.1, 0.15) is 17.4 Å². The van der Waals surface area contributed by atoms with Gasteiger partial charge in [-0.25, -0.2) is 4.98 Å². The molecule has 1 heterocycles. The van der Waals surface area contributed by atoms with Crippen molar-refractivity contribution in [2.75, 3.05) is 0 Å². The Morgan fingerprint density at radius 2 is 2.05 bits per heavy atom. The number of fused-ring (bicyclic) bond motifs is 1. The summed E-state index contributed by atoms with van der Waals surface area (Å²) < 4.78 is 8.30. The number of rotatable bonds is 4. The van der Waals surface area contributed by atoms with Crippen molar-refractivity contribution in [3.63, 3.8) is 0 Å². The lowest BCUT2D eigenvalue weighted by Gasteiger charge is -2.12. The van der Waals surface area contributed by atoms with Gasteiger partial charge in [-0.15, -0.1) is 11.3 Å². The summed E-state index contributed by atoms with van der Waals surface area (Å²) in [6.45, 7) is 2.56. The van der Waals surface area contributed by atoms with Gasteiger partial charge in [-0.2, -0.15) is 0 Å². The fourth-order valence-electron chi connectivity index (χ4n) is 2.22. The molecule has 21 heavy (non-hydrogen) atoms. The topological polar surface area (TPSA) is 22.1 Å². The van der Waals surface area contributed by atoms with Gasteiger partial charge in [-0.05, 0) is 36.8 Å². The van der Waals surface area contributed by atoms with Crippen LogP contribution in [0.15, 0.2) is 40.9 Å². The van der Waals surface area contributed by atoms with E-state index in [4.69, 9.17) is 4.74 Å². The first-order valence-electron chi connectivity index (χ1n) is 6.49. The van der Waals surface area contributed by atoms with E-state index in [-0.39, 0.29) is 0 Å². The number of para-hydroxylation sites is 1. The zero-order valence-electron chi connectivity index (χ0n) is 11.4. The largest absolute Gasteiger partial charge is 0.486 e. The van der Waals surface area contributed by atoms with Crippen molar-refractivity contribution in [2.45, 2.75) is 18.9 Å². The van der Waals surface area contributed by atoms with E-state index in [1.807, 2.05) is 18.2 Å². The second kappa shape index (κ2) is 6.46. The molecule has 3 rings (SSSR count). The second-order valence-electron chi connectivity index (χ2n) is 4.71. The van der Waals surface area contributed by atoms with Gasteiger partial charge in [0, 0.05) is 15.4 Å². The molecule has 0 fully saturated rings. The van der Waals surface area contributed by atoms with E-state index in [1.165, 1.54) is 4.70 Å². The van der Waals surface area contributed by atoms with E-state index in [2.05, 4.69) is 62.0 Å². The van der Waals surface area contributed by atoms with Gasteiger partial charge in [0.05, 0.1) is 10.2 Å². The summed E-state index contributed by atoms with van der Waals surface area (Å²) >= 11 is 8.72. The van der Waals surface area contributed by atoms with Gasteiger partial charge in [0.15, 0.2) is 0 Å². The first kappa shape index (κ1) is 15.0. The van der Waals surface area contributed by atoms with E-state index < -0.39 is 0 Å². The molecule has 3 aromatic rings. The van der Waals surface area contributed by atoms with Crippen molar-refractivity contribution in [3.05, 3.63) is 57.0 Å². The average Bonchev–Trinajstić information content (AvgIpc) is 2.88. The molecule has 5 heteroatoms. The number of ether oxygens (including phenoxy) is 1. The number of benzene rings is 2.